The molecule has 6 heteroatoms. The lowest BCUT2D eigenvalue weighted by molar-refractivity contribution is -0.274. The minimum atomic E-state index is -4.76. The Morgan fingerprint density at radius 2 is 2.09 bits per heavy atom. The standard InChI is InChI=1S/C16H15F3N2O/c1-4-12-5-6-15(22-16(17,18)19)14(7-12)13-8-20-21(10-13)9-11(2)3/h1,5-8,10-11H,9H2,2-3H3. The molecule has 0 unspecified atom stereocenters. The third-order valence-electron chi connectivity index (χ3n) is 2.87. The van der Waals surface area contributed by atoms with Crippen LogP contribution in [0.3, 0.4) is 0 Å². The molecule has 0 aliphatic rings. The summed E-state index contributed by atoms with van der Waals surface area (Å²) < 4.78 is 43.3. The molecule has 3 nitrogen and oxygen atoms in total. The number of hydrogen-bond acceptors (Lipinski definition) is 2. The summed E-state index contributed by atoms with van der Waals surface area (Å²) in [6.45, 7) is 4.72. The predicted octanol–water partition coefficient (Wildman–Crippen LogP) is 4.09. The number of hydrogen-bond donors (Lipinski definition) is 0. The Hall–Kier alpha value is -2.42. The van der Waals surface area contributed by atoms with Crippen LogP contribution in [0.5, 0.6) is 5.75 Å². The molecule has 0 saturated heterocycles. The summed E-state index contributed by atoms with van der Waals surface area (Å²) in [5, 5.41) is 4.15. The molecule has 0 saturated carbocycles. The van der Waals surface area contributed by atoms with Gasteiger partial charge in [-0.05, 0) is 24.1 Å². The molecule has 1 aromatic heterocycles. The van der Waals surface area contributed by atoms with E-state index in [2.05, 4.69) is 15.8 Å². The monoisotopic (exact) mass is 308 g/mol. The molecular weight excluding hydrogens is 293 g/mol. The van der Waals surface area contributed by atoms with E-state index >= 15 is 0 Å². The van der Waals surface area contributed by atoms with Gasteiger partial charge in [-0.1, -0.05) is 19.8 Å². The third-order valence-corrected chi connectivity index (χ3v) is 2.87. The first-order chi connectivity index (χ1) is 10.3. The maximum atomic E-state index is 12.5. The highest BCUT2D eigenvalue weighted by Crippen LogP contribution is 2.34. The number of terminal acetylenes is 1. The quantitative estimate of drug-likeness (QED) is 0.796. The minimum absolute atomic E-state index is 0.266. The zero-order valence-electron chi connectivity index (χ0n) is 12.2. The second-order valence-electron chi connectivity index (χ2n) is 5.25. The van der Waals surface area contributed by atoms with Crippen molar-refractivity contribution in [3.8, 4) is 29.2 Å². The van der Waals surface area contributed by atoms with Crippen LogP contribution in [-0.4, -0.2) is 16.1 Å². The highest BCUT2D eigenvalue weighted by Gasteiger charge is 2.32. The van der Waals surface area contributed by atoms with Gasteiger partial charge in [-0.2, -0.15) is 5.10 Å². The van der Waals surface area contributed by atoms with Crippen LogP contribution in [0.1, 0.15) is 19.4 Å². The fourth-order valence-electron chi connectivity index (χ4n) is 2.04. The van der Waals surface area contributed by atoms with Gasteiger partial charge < -0.3 is 4.74 Å². The number of benzene rings is 1. The summed E-state index contributed by atoms with van der Waals surface area (Å²) >= 11 is 0. The molecule has 1 heterocycles. The molecule has 0 amide bonds. The summed E-state index contributed by atoms with van der Waals surface area (Å²) in [5.74, 6) is 2.48. The van der Waals surface area contributed by atoms with Crippen molar-refractivity contribution in [2.75, 3.05) is 0 Å². The van der Waals surface area contributed by atoms with Crippen molar-refractivity contribution in [2.45, 2.75) is 26.8 Å². The SMILES string of the molecule is C#Cc1ccc(OC(F)(F)F)c(-c2cnn(CC(C)C)c2)c1. The predicted molar refractivity (Wildman–Crippen MR) is 77.1 cm³/mol. The van der Waals surface area contributed by atoms with E-state index in [4.69, 9.17) is 6.42 Å². The Labute approximate surface area is 126 Å². The summed E-state index contributed by atoms with van der Waals surface area (Å²) in [6.07, 6.45) is 3.73. The molecule has 2 aromatic rings. The van der Waals surface area contributed by atoms with Crippen LogP contribution in [0.15, 0.2) is 30.6 Å². The lowest BCUT2D eigenvalue weighted by Crippen LogP contribution is -2.17. The summed E-state index contributed by atoms with van der Waals surface area (Å²) in [7, 11) is 0. The molecule has 0 aliphatic carbocycles. The smallest absolute Gasteiger partial charge is 0.405 e. The largest absolute Gasteiger partial charge is 0.573 e. The maximum Gasteiger partial charge on any atom is 0.573 e. The van der Waals surface area contributed by atoms with E-state index in [9.17, 15) is 13.2 Å². The normalized spacial score (nSPS) is 11.5. The van der Waals surface area contributed by atoms with Gasteiger partial charge in [0, 0.05) is 29.4 Å². The van der Waals surface area contributed by atoms with E-state index in [1.807, 2.05) is 13.8 Å². The molecule has 1 aromatic carbocycles. The average Bonchev–Trinajstić information content (AvgIpc) is 2.85. The van der Waals surface area contributed by atoms with Crippen LogP contribution in [0, 0.1) is 18.3 Å². The fraction of sp³-hybridized carbons (Fsp3) is 0.312. The van der Waals surface area contributed by atoms with Crippen molar-refractivity contribution in [1.82, 2.24) is 9.78 Å². The van der Waals surface area contributed by atoms with Crippen LogP contribution < -0.4 is 4.74 Å². The minimum Gasteiger partial charge on any atom is -0.405 e. The zero-order chi connectivity index (χ0) is 16.3. The van der Waals surface area contributed by atoms with Gasteiger partial charge in [0.1, 0.15) is 5.75 Å². The van der Waals surface area contributed by atoms with Crippen molar-refractivity contribution in [3.63, 3.8) is 0 Å². The second-order valence-corrected chi connectivity index (χ2v) is 5.25. The van der Waals surface area contributed by atoms with Gasteiger partial charge in [0.2, 0.25) is 0 Å². The van der Waals surface area contributed by atoms with Gasteiger partial charge >= 0.3 is 6.36 Å². The van der Waals surface area contributed by atoms with Crippen LogP contribution in [0.2, 0.25) is 0 Å². The van der Waals surface area contributed by atoms with Crippen molar-refractivity contribution in [1.29, 1.82) is 0 Å². The first kappa shape index (κ1) is 16.0. The van der Waals surface area contributed by atoms with Gasteiger partial charge in [0.15, 0.2) is 0 Å². The lowest BCUT2D eigenvalue weighted by atomic mass is 10.1. The third kappa shape index (κ3) is 4.04. The average molecular weight is 308 g/mol. The summed E-state index contributed by atoms with van der Waals surface area (Å²) in [6, 6.07) is 4.11. The summed E-state index contributed by atoms with van der Waals surface area (Å²) in [5.41, 5.74) is 1.26. The van der Waals surface area contributed by atoms with Gasteiger partial charge in [0.05, 0.1) is 6.20 Å². The number of nitrogens with zero attached hydrogens (tertiary/aromatic N) is 2. The van der Waals surface area contributed by atoms with Gasteiger partial charge in [-0.3, -0.25) is 4.68 Å². The van der Waals surface area contributed by atoms with Crippen LogP contribution in [0.25, 0.3) is 11.1 Å². The van der Waals surface area contributed by atoms with Crippen LogP contribution >= 0.6 is 0 Å². The fourth-order valence-corrected chi connectivity index (χ4v) is 2.04. The highest BCUT2D eigenvalue weighted by molar-refractivity contribution is 5.71. The molecule has 22 heavy (non-hydrogen) atoms. The number of ether oxygens (including phenoxy) is 1. The Morgan fingerprint density at radius 1 is 1.36 bits per heavy atom. The molecule has 0 N–H and O–H groups in total. The number of aromatic nitrogens is 2. The van der Waals surface area contributed by atoms with Crippen molar-refractivity contribution >= 4 is 0 Å². The molecule has 0 radical (unpaired) electrons. The highest BCUT2D eigenvalue weighted by atomic mass is 19.4. The Kier molecular flexibility index (Phi) is 4.45. The molecule has 0 spiro atoms. The Bertz CT molecular complexity index is 696. The van der Waals surface area contributed by atoms with Crippen LogP contribution in [0.4, 0.5) is 13.2 Å². The summed E-state index contributed by atoms with van der Waals surface area (Å²) in [4.78, 5) is 0. The van der Waals surface area contributed by atoms with Crippen molar-refractivity contribution in [2.24, 2.45) is 5.92 Å². The van der Waals surface area contributed by atoms with Gasteiger partial charge in [0.25, 0.3) is 0 Å². The van der Waals surface area contributed by atoms with E-state index in [0.717, 1.165) is 0 Å². The first-order valence-electron chi connectivity index (χ1n) is 6.67. The second kappa shape index (κ2) is 6.14. The van der Waals surface area contributed by atoms with E-state index in [-0.39, 0.29) is 11.3 Å². The molecule has 0 bridgehead atoms. The number of halogens is 3. The molecule has 0 fully saturated rings. The molecule has 116 valence electrons. The Balaban J connectivity index is 2.43. The van der Waals surface area contributed by atoms with Crippen LogP contribution in [-0.2, 0) is 6.54 Å². The van der Waals surface area contributed by atoms with E-state index in [1.165, 1.54) is 24.4 Å². The molecule has 0 aliphatic heterocycles. The van der Waals surface area contributed by atoms with E-state index < -0.39 is 6.36 Å². The molecule has 0 atom stereocenters. The van der Waals surface area contributed by atoms with E-state index in [1.54, 1.807) is 10.9 Å². The number of alkyl halides is 3. The van der Waals surface area contributed by atoms with Gasteiger partial charge in [-0.25, -0.2) is 0 Å². The van der Waals surface area contributed by atoms with Gasteiger partial charge in [-0.15, -0.1) is 19.6 Å². The number of rotatable bonds is 4. The molecule has 2 rings (SSSR count). The molecular formula is C16H15F3N2O. The van der Waals surface area contributed by atoms with Crippen molar-refractivity contribution in [3.05, 3.63) is 36.2 Å². The zero-order valence-corrected chi connectivity index (χ0v) is 12.2. The topological polar surface area (TPSA) is 27.1 Å². The Morgan fingerprint density at radius 3 is 2.68 bits per heavy atom. The van der Waals surface area contributed by atoms with Crippen molar-refractivity contribution < 1.29 is 17.9 Å². The lowest BCUT2D eigenvalue weighted by Gasteiger charge is -2.13. The van der Waals surface area contributed by atoms with E-state index in [0.29, 0.717) is 23.6 Å². The first-order valence-corrected chi connectivity index (χ1v) is 6.67. The maximum absolute atomic E-state index is 12.5.